The lowest BCUT2D eigenvalue weighted by atomic mass is 10.1. The zero-order valence-corrected chi connectivity index (χ0v) is 32.2. The molecule has 7 aromatic rings. The summed E-state index contributed by atoms with van der Waals surface area (Å²) in [7, 11) is 0. The maximum atomic E-state index is 13.9. The Kier molecular flexibility index (Phi) is 13.1. The molecule has 61 heavy (non-hydrogen) atoms. The molecule has 7 rings (SSSR count). The van der Waals surface area contributed by atoms with Crippen LogP contribution in [0, 0.1) is 0 Å². The fourth-order valence-electron chi connectivity index (χ4n) is 5.83. The Balaban J connectivity index is 1.23. The molecule has 0 aliphatic carbocycles. The van der Waals surface area contributed by atoms with Gasteiger partial charge in [0, 0.05) is 48.1 Å². The highest BCUT2D eigenvalue weighted by atomic mass is 16.6. The van der Waals surface area contributed by atoms with Crippen molar-refractivity contribution in [3.63, 3.8) is 0 Å². The molecule has 0 saturated carbocycles. The van der Waals surface area contributed by atoms with Crippen LogP contribution in [0.2, 0.25) is 0 Å². The summed E-state index contributed by atoms with van der Waals surface area (Å²) < 4.78 is 28.7. The SMILES string of the molecule is O=C(C=Cc1ccccc1)Oc1cc(OC(=O)C=Cc2ccccc2)c2c(=O)cc(-c3ccc(OC(=O)C=Cc4ccccc4)c(OC(=O)C=Cc4ccccc4)c3)oc2c1. The molecule has 6 aromatic carbocycles. The summed E-state index contributed by atoms with van der Waals surface area (Å²) in [4.78, 5) is 65.9. The summed E-state index contributed by atoms with van der Waals surface area (Å²) in [5.41, 5.74) is 2.55. The van der Waals surface area contributed by atoms with E-state index < -0.39 is 29.3 Å². The molecule has 0 fully saturated rings. The largest absolute Gasteiger partial charge is 0.456 e. The van der Waals surface area contributed by atoms with Gasteiger partial charge < -0.3 is 23.4 Å². The van der Waals surface area contributed by atoms with E-state index in [2.05, 4.69) is 0 Å². The lowest BCUT2D eigenvalue weighted by Crippen LogP contribution is -2.10. The lowest BCUT2D eigenvalue weighted by molar-refractivity contribution is -0.131. The van der Waals surface area contributed by atoms with Crippen LogP contribution in [0.5, 0.6) is 23.0 Å². The number of fused-ring (bicyclic) bond motifs is 1. The Morgan fingerprint density at radius 3 is 1.28 bits per heavy atom. The lowest BCUT2D eigenvalue weighted by Gasteiger charge is -2.12. The van der Waals surface area contributed by atoms with Gasteiger partial charge in [0.05, 0.1) is 0 Å². The zero-order valence-electron chi connectivity index (χ0n) is 32.2. The van der Waals surface area contributed by atoms with Gasteiger partial charge in [0.1, 0.15) is 28.2 Å². The minimum Gasteiger partial charge on any atom is -0.456 e. The number of esters is 4. The Hall–Kier alpha value is -8.63. The molecule has 1 heterocycles. The second-order valence-electron chi connectivity index (χ2n) is 13.1. The highest BCUT2D eigenvalue weighted by Crippen LogP contribution is 2.36. The number of carbonyl (C=O) groups excluding carboxylic acids is 4. The first-order valence-electron chi connectivity index (χ1n) is 18.8. The average molecular weight is 807 g/mol. The average Bonchev–Trinajstić information content (AvgIpc) is 3.28. The van der Waals surface area contributed by atoms with Crippen LogP contribution in [0.1, 0.15) is 22.3 Å². The van der Waals surface area contributed by atoms with Crippen LogP contribution in [0.15, 0.2) is 191 Å². The van der Waals surface area contributed by atoms with E-state index in [9.17, 15) is 24.0 Å². The van der Waals surface area contributed by atoms with E-state index in [0.717, 1.165) is 28.3 Å². The summed E-state index contributed by atoms with van der Waals surface area (Å²) >= 11 is 0. The Bertz CT molecular complexity index is 2880. The van der Waals surface area contributed by atoms with Crippen molar-refractivity contribution in [3.8, 4) is 34.3 Å². The zero-order chi connectivity index (χ0) is 42.4. The van der Waals surface area contributed by atoms with Crippen molar-refractivity contribution in [1.82, 2.24) is 0 Å². The standard InChI is InChI=1S/C51H34O10/c52-41-34-43(39-25-26-42(59-48(54)28-22-36-15-7-2-8-16-36)44(31-39)60-49(55)29-23-37-17-9-3-10-18-37)58-45-32-40(57-47(53)27-21-35-13-5-1-6-14-35)33-46(51(41)45)61-50(56)30-24-38-19-11-4-12-20-38/h1-34H. The van der Waals surface area contributed by atoms with E-state index in [1.54, 1.807) is 48.6 Å². The van der Waals surface area contributed by atoms with Crippen molar-refractivity contribution >= 4 is 59.2 Å². The van der Waals surface area contributed by atoms with Gasteiger partial charge in [-0.05, 0) is 64.8 Å². The van der Waals surface area contributed by atoms with Crippen molar-refractivity contribution < 1.29 is 42.5 Å². The predicted molar refractivity (Wildman–Crippen MR) is 232 cm³/mol. The molecule has 1 aromatic heterocycles. The number of hydrogen-bond donors (Lipinski definition) is 0. The van der Waals surface area contributed by atoms with Gasteiger partial charge in [-0.25, -0.2) is 19.2 Å². The van der Waals surface area contributed by atoms with Gasteiger partial charge in [-0.15, -0.1) is 0 Å². The smallest absolute Gasteiger partial charge is 0.336 e. The Morgan fingerprint density at radius 2 is 0.820 bits per heavy atom. The monoisotopic (exact) mass is 806 g/mol. The van der Waals surface area contributed by atoms with E-state index in [-0.39, 0.29) is 45.3 Å². The van der Waals surface area contributed by atoms with Crippen LogP contribution < -0.4 is 24.4 Å². The van der Waals surface area contributed by atoms with Crippen LogP contribution in [-0.2, 0) is 19.2 Å². The summed E-state index contributed by atoms with van der Waals surface area (Å²) in [5, 5.41) is -0.113. The number of ether oxygens (including phenoxy) is 4. The number of carbonyl (C=O) groups is 4. The Labute approximate surface area is 349 Å². The van der Waals surface area contributed by atoms with Crippen molar-refractivity contribution in [2.75, 3.05) is 0 Å². The van der Waals surface area contributed by atoms with E-state index in [1.807, 2.05) is 97.1 Å². The molecule has 10 nitrogen and oxygen atoms in total. The molecule has 298 valence electrons. The molecule has 10 heteroatoms. The molecule has 0 aliphatic heterocycles. The third-order valence-corrected chi connectivity index (χ3v) is 8.69. The van der Waals surface area contributed by atoms with Crippen molar-refractivity contribution in [1.29, 1.82) is 0 Å². The first kappa shape index (κ1) is 40.6. The normalized spacial score (nSPS) is 11.3. The van der Waals surface area contributed by atoms with Gasteiger partial charge in [-0.2, -0.15) is 0 Å². The van der Waals surface area contributed by atoms with Crippen molar-refractivity contribution in [3.05, 3.63) is 215 Å². The number of rotatable bonds is 13. The molecule has 0 aliphatic rings. The maximum Gasteiger partial charge on any atom is 0.336 e. The molecule has 0 atom stereocenters. The molecular weight excluding hydrogens is 773 g/mol. The third kappa shape index (κ3) is 11.5. The number of benzene rings is 6. The second-order valence-corrected chi connectivity index (χ2v) is 13.1. The second kappa shape index (κ2) is 19.7. The molecule has 0 amide bonds. The summed E-state index contributed by atoms with van der Waals surface area (Å²) in [5.74, 6) is -3.64. The number of hydrogen-bond acceptors (Lipinski definition) is 10. The van der Waals surface area contributed by atoms with Crippen molar-refractivity contribution in [2.24, 2.45) is 0 Å². The quantitative estimate of drug-likeness (QED) is 0.0629. The molecule has 0 bridgehead atoms. The van der Waals surface area contributed by atoms with E-state index in [1.165, 1.54) is 54.6 Å². The minimum atomic E-state index is -0.808. The highest BCUT2D eigenvalue weighted by Gasteiger charge is 2.20. The van der Waals surface area contributed by atoms with Gasteiger partial charge in [0.2, 0.25) is 0 Å². The van der Waals surface area contributed by atoms with Gasteiger partial charge in [0.25, 0.3) is 0 Å². The van der Waals surface area contributed by atoms with Crippen LogP contribution in [0.25, 0.3) is 46.6 Å². The molecule has 0 unspecified atom stereocenters. The summed E-state index contributed by atoms with van der Waals surface area (Å²) in [6.07, 6.45) is 11.1. The van der Waals surface area contributed by atoms with E-state index in [0.29, 0.717) is 0 Å². The van der Waals surface area contributed by atoms with Crippen LogP contribution >= 0.6 is 0 Å². The molecule has 0 N–H and O–H groups in total. The third-order valence-electron chi connectivity index (χ3n) is 8.69. The molecule has 0 radical (unpaired) electrons. The van der Waals surface area contributed by atoms with E-state index >= 15 is 0 Å². The predicted octanol–water partition coefficient (Wildman–Crippen LogP) is 9.94. The van der Waals surface area contributed by atoms with Crippen LogP contribution in [0.4, 0.5) is 0 Å². The highest BCUT2D eigenvalue weighted by molar-refractivity contribution is 5.95. The summed E-state index contributed by atoms with van der Waals surface area (Å²) in [6, 6.07) is 44.4. The first-order chi connectivity index (χ1) is 29.8. The van der Waals surface area contributed by atoms with Crippen LogP contribution in [-0.4, -0.2) is 23.9 Å². The first-order valence-corrected chi connectivity index (χ1v) is 18.8. The molecule has 0 spiro atoms. The van der Waals surface area contributed by atoms with Gasteiger partial charge in [-0.1, -0.05) is 121 Å². The molecule has 0 saturated heterocycles. The fourth-order valence-corrected chi connectivity index (χ4v) is 5.83. The minimum absolute atomic E-state index is 0.00910. The van der Waals surface area contributed by atoms with Gasteiger partial charge in [-0.3, -0.25) is 4.79 Å². The maximum absolute atomic E-state index is 13.9. The van der Waals surface area contributed by atoms with Crippen molar-refractivity contribution in [2.45, 2.75) is 0 Å². The molecular formula is C51H34O10. The summed E-state index contributed by atoms with van der Waals surface area (Å²) in [6.45, 7) is 0. The van der Waals surface area contributed by atoms with Gasteiger partial charge >= 0.3 is 23.9 Å². The fraction of sp³-hybridized carbons (Fsp3) is 0. The topological polar surface area (TPSA) is 135 Å². The van der Waals surface area contributed by atoms with E-state index in [4.69, 9.17) is 23.4 Å². The Morgan fingerprint density at radius 1 is 0.410 bits per heavy atom. The van der Waals surface area contributed by atoms with Gasteiger partial charge in [0.15, 0.2) is 16.9 Å². The van der Waals surface area contributed by atoms with Crippen LogP contribution in [0.3, 0.4) is 0 Å².